The predicted octanol–water partition coefficient (Wildman–Crippen LogP) is 3.58. The summed E-state index contributed by atoms with van der Waals surface area (Å²) < 4.78 is 0. The number of halogens is 1. The van der Waals surface area contributed by atoms with Crippen molar-refractivity contribution in [3.8, 4) is 0 Å². The van der Waals surface area contributed by atoms with E-state index in [0.29, 0.717) is 18.7 Å². The Balaban J connectivity index is 0.00000280. The van der Waals surface area contributed by atoms with Gasteiger partial charge in [0.15, 0.2) is 5.96 Å². The Morgan fingerprint density at radius 2 is 1.79 bits per heavy atom. The maximum atomic E-state index is 12.0. The summed E-state index contributed by atoms with van der Waals surface area (Å²) in [5.74, 6) is 0.887. The van der Waals surface area contributed by atoms with Gasteiger partial charge in [0.1, 0.15) is 0 Å². The first-order valence-electron chi connectivity index (χ1n) is 9.68. The average molecular weight is 492 g/mol. The summed E-state index contributed by atoms with van der Waals surface area (Å²) >= 11 is 0. The molecule has 0 aromatic heterocycles. The van der Waals surface area contributed by atoms with Crippen molar-refractivity contribution >= 4 is 35.8 Å². The highest BCUT2D eigenvalue weighted by molar-refractivity contribution is 14.0. The summed E-state index contributed by atoms with van der Waals surface area (Å²) in [5.41, 5.74) is 4.51. The van der Waals surface area contributed by atoms with Gasteiger partial charge in [-0.1, -0.05) is 36.4 Å². The molecule has 2 N–H and O–H groups in total. The van der Waals surface area contributed by atoms with Crippen LogP contribution >= 0.6 is 24.0 Å². The molecule has 0 saturated heterocycles. The fraction of sp³-hybridized carbons (Fsp3) is 0.364. The van der Waals surface area contributed by atoms with Crippen molar-refractivity contribution in [3.05, 3.63) is 70.8 Å². The van der Waals surface area contributed by atoms with E-state index in [1.165, 1.54) is 11.1 Å². The van der Waals surface area contributed by atoms with Crippen molar-refractivity contribution in [2.45, 2.75) is 33.4 Å². The highest BCUT2D eigenvalue weighted by atomic mass is 127. The van der Waals surface area contributed by atoms with Crippen LogP contribution in [0.25, 0.3) is 0 Å². The molecule has 28 heavy (non-hydrogen) atoms. The van der Waals surface area contributed by atoms with Crippen LogP contribution in [0, 0.1) is 0 Å². The number of hydrogen-bond donors (Lipinski definition) is 2. The van der Waals surface area contributed by atoms with Crippen molar-refractivity contribution < 1.29 is 4.79 Å². The minimum absolute atomic E-state index is 0. The van der Waals surface area contributed by atoms with E-state index >= 15 is 0 Å². The number of rotatable bonds is 5. The molecule has 0 bridgehead atoms. The number of nitrogens with one attached hydrogen (secondary N) is 2. The molecule has 0 radical (unpaired) electrons. The number of guanidine groups is 1. The molecule has 0 unspecified atom stereocenters. The van der Waals surface area contributed by atoms with Crippen LogP contribution in [0.5, 0.6) is 0 Å². The molecule has 1 amide bonds. The third-order valence-corrected chi connectivity index (χ3v) is 4.70. The van der Waals surface area contributed by atoms with E-state index in [0.717, 1.165) is 37.6 Å². The van der Waals surface area contributed by atoms with Crippen molar-refractivity contribution in [3.63, 3.8) is 0 Å². The Bertz CT molecular complexity index is 822. The molecule has 1 heterocycles. The second-order valence-electron chi connectivity index (χ2n) is 6.67. The Hall–Kier alpha value is -2.09. The molecule has 3 rings (SSSR count). The van der Waals surface area contributed by atoms with Gasteiger partial charge in [0, 0.05) is 31.7 Å². The Labute approximate surface area is 184 Å². The number of carbonyl (C=O) groups is 1. The molecule has 1 aliphatic heterocycles. The summed E-state index contributed by atoms with van der Waals surface area (Å²) in [6.45, 7) is 7.85. The molecule has 0 aliphatic carbocycles. The van der Waals surface area contributed by atoms with E-state index in [9.17, 15) is 4.79 Å². The first-order valence-corrected chi connectivity index (χ1v) is 9.68. The molecule has 0 spiro atoms. The zero-order chi connectivity index (χ0) is 19.1. The fourth-order valence-corrected chi connectivity index (χ4v) is 3.34. The van der Waals surface area contributed by atoms with Crippen LogP contribution in [0.2, 0.25) is 0 Å². The standard InChI is InChI=1S/C22H28N4O.HI/c1-3-23-21(27)19-11-7-8-17(14-19)15-25-22(24-4-2)26-13-12-18-9-5-6-10-20(18)16-26;/h5-11,14H,3-4,12-13,15-16H2,1-2H3,(H,23,27)(H,24,25);1H. The number of nitrogens with zero attached hydrogens (tertiary/aromatic N) is 2. The van der Waals surface area contributed by atoms with Crippen molar-refractivity contribution in [1.29, 1.82) is 0 Å². The Morgan fingerprint density at radius 1 is 1.04 bits per heavy atom. The number of fused-ring (bicyclic) bond motifs is 1. The van der Waals surface area contributed by atoms with Crippen molar-refractivity contribution in [2.75, 3.05) is 19.6 Å². The van der Waals surface area contributed by atoms with Gasteiger partial charge >= 0.3 is 0 Å². The molecular formula is C22H29IN4O. The lowest BCUT2D eigenvalue weighted by molar-refractivity contribution is 0.0955. The molecule has 2 aromatic carbocycles. The van der Waals surface area contributed by atoms with Gasteiger partial charge in [-0.15, -0.1) is 24.0 Å². The molecule has 6 heteroatoms. The fourth-order valence-electron chi connectivity index (χ4n) is 3.34. The van der Waals surface area contributed by atoms with Crippen molar-refractivity contribution in [1.82, 2.24) is 15.5 Å². The lowest BCUT2D eigenvalue weighted by Crippen LogP contribution is -2.44. The van der Waals surface area contributed by atoms with E-state index in [4.69, 9.17) is 4.99 Å². The summed E-state index contributed by atoms with van der Waals surface area (Å²) in [4.78, 5) is 19.2. The summed E-state index contributed by atoms with van der Waals surface area (Å²) in [6.07, 6.45) is 1.03. The molecule has 0 atom stereocenters. The quantitative estimate of drug-likeness (QED) is 0.381. The molecule has 1 aliphatic rings. The topological polar surface area (TPSA) is 56.7 Å². The van der Waals surface area contributed by atoms with E-state index < -0.39 is 0 Å². The van der Waals surface area contributed by atoms with Gasteiger partial charge in [-0.2, -0.15) is 0 Å². The largest absolute Gasteiger partial charge is 0.356 e. The van der Waals surface area contributed by atoms with Crippen molar-refractivity contribution in [2.24, 2.45) is 4.99 Å². The maximum Gasteiger partial charge on any atom is 0.251 e. The Morgan fingerprint density at radius 3 is 2.54 bits per heavy atom. The van der Waals surface area contributed by atoms with Crippen LogP contribution in [0.3, 0.4) is 0 Å². The van der Waals surface area contributed by atoms with Gasteiger partial charge in [0.05, 0.1) is 6.54 Å². The summed E-state index contributed by atoms with van der Waals surface area (Å²) in [5, 5.41) is 6.25. The number of aliphatic imine (C=N–C) groups is 1. The van der Waals surface area contributed by atoms with Gasteiger partial charge in [0.25, 0.3) is 5.91 Å². The van der Waals surface area contributed by atoms with Crippen LogP contribution in [0.1, 0.15) is 40.9 Å². The number of benzene rings is 2. The third kappa shape index (κ3) is 5.70. The van der Waals surface area contributed by atoms with Crippen LogP contribution in [0.4, 0.5) is 0 Å². The average Bonchev–Trinajstić information content (AvgIpc) is 2.71. The monoisotopic (exact) mass is 492 g/mol. The molecule has 0 fully saturated rings. The van der Waals surface area contributed by atoms with E-state index in [2.05, 4.69) is 46.7 Å². The minimum atomic E-state index is -0.0390. The lowest BCUT2D eigenvalue weighted by atomic mass is 10.0. The van der Waals surface area contributed by atoms with Gasteiger partial charge in [-0.25, -0.2) is 4.99 Å². The highest BCUT2D eigenvalue weighted by Crippen LogP contribution is 2.18. The summed E-state index contributed by atoms with van der Waals surface area (Å²) in [7, 11) is 0. The van der Waals surface area contributed by atoms with Crippen LogP contribution in [-0.4, -0.2) is 36.4 Å². The third-order valence-electron chi connectivity index (χ3n) is 4.70. The smallest absolute Gasteiger partial charge is 0.251 e. The zero-order valence-electron chi connectivity index (χ0n) is 16.6. The van der Waals surface area contributed by atoms with Crippen LogP contribution < -0.4 is 10.6 Å². The SMILES string of the molecule is CCNC(=O)c1cccc(CN=C(NCC)N2CCc3ccccc3C2)c1.I. The maximum absolute atomic E-state index is 12.0. The zero-order valence-corrected chi connectivity index (χ0v) is 18.9. The highest BCUT2D eigenvalue weighted by Gasteiger charge is 2.18. The van der Waals surface area contributed by atoms with Crippen LogP contribution in [-0.2, 0) is 19.5 Å². The second kappa shape index (κ2) is 11.0. The minimum Gasteiger partial charge on any atom is -0.356 e. The lowest BCUT2D eigenvalue weighted by Gasteiger charge is -2.31. The Kier molecular flexibility index (Phi) is 8.76. The molecule has 150 valence electrons. The van der Waals surface area contributed by atoms with E-state index in [1.54, 1.807) is 0 Å². The van der Waals surface area contributed by atoms with E-state index in [-0.39, 0.29) is 29.9 Å². The molecule has 5 nitrogen and oxygen atoms in total. The second-order valence-corrected chi connectivity index (χ2v) is 6.67. The number of hydrogen-bond acceptors (Lipinski definition) is 2. The first-order chi connectivity index (χ1) is 13.2. The number of carbonyl (C=O) groups excluding carboxylic acids is 1. The van der Waals surface area contributed by atoms with E-state index in [1.807, 2.05) is 31.2 Å². The molecule has 0 saturated carbocycles. The number of amides is 1. The molecule has 2 aromatic rings. The van der Waals surface area contributed by atoms with Crippen LogP contribution in [0.15, 0.2) is 53.5 Å². The predicted molar refractivity (Wildman–Crippen MR) is 125 cm³/mol. The van der Waals surface area contributed by atoms with Gasteiger partial charge in [-0.05, 0) is 49.1 Å². The van der Waals surface area contributed by atoms with Gasteiger partial charge in [0.2, 0.25) is 0 Å². The van der Waals surface area contributed by atoms with Gasteiger partial charge < -0.3 is 15.5 Å². The summed E-state index contributed by atoms with van der Waals surface area (Å²) in [6, 6.07) is 16.3. The molecular weight excluding hydrogens is 463 g/mol. The van der Waals surface area contributed by atoms with Gasteiger partial charge in [-0.3, -0.25) is 4.79 Å². The first kappa shape index (κ1) is 22.2. The normalized spacial score (nSPS) is 13.4.